The third-order valence-corrected chi connectivity index (χ3v) is 3.66. The molecule has 2 aromatic rings. The van der Waals surface area contributed by atoms with Gasteiger partial charge in [-0.2, -0.15) is 0 Å². The molecule has 1 aliphatic rings. The lowest BCUT2D eigenvalue weighted by molar-refractivity contribution is 0.479. The van der Waals surface area contributed by atoms with E-state index in [1.54, 1.807) is 6.26 Å². The number of ether oxygens (including phenoxy) is 1. The van der Waals surface area contributed by atoms with Gasteiger partial charge in [0.25, 0.3) is 0 Å². The highest BCUT2D eigenvalue weighted by molar-refractivity contribution is 9.10. The number of fused-ring (bicyclic) bond motifs is 1. The first-order chi connectivity index (χ1) is 9.74. The molecule has 0 atom stereocenters. The van der Waals surface area contributed by atoms with E-state index in [0.29, 0.717) is 0 Å². The van der Waals surface area contributed by atoms with Gasteiger partial charge in [0.15, 0.2) is 0 Å². The molecule has 0 aliphatic carbocycles. The molecule has 0 saturated carbocycles. The van der Waals surface area contributed by atoms with Crippen molar-refractivity contribution in [3.8, 4) is 16.9 Å². The van der Waals surface area contributed by atoms with Crippen molar-refractivity contribution in [3.05, 3.63) is 83.6 Å². The minimum absolute atomic E-state index is 0.828. The molecule has 0 saturated heterocycles. The Kier molecular flexibility index (Phi) is 3.57. The van der Waals surface area contributed by atoms with Gasteiger partial charge in [-0.25, -0.2) is 0 Å². The van der Waals surface area contributed by atoms with E-state index in [-0.39, 0.29) is 0 Å². The van der Waals surface area contributed by atoms with Crippen LogP contribution in [0.25, 0.3) is 16.7 Å². The van der Waals surface area contributed by atoms with Crippen molar-refractivity contribution in [1.29, 1.82) is 0 Å². The van der Waals surface area contributed by atoms with E-state index in [1.807, 2.05) is 36.4 Å². The van der Waals surface area contributed by atoms with Gasteiger partial charge in [0.05, 0.1) is 6.26 Å². The highest BCUT2D eigenvalue weighted by Crippen LogP contribution is 2.33. The molecule has 0 aromatic heterocycles. The van der Waals surface area contributed by atoms with E-state index in [2.05, 4.69) is 46.8 Å². The smallest absolute Gasteiger partial charge is 0.134 e. The maximum Gasteiger partial charge on any atom is 0.134 e. The number of halogens is 1. The van der Waals surface area contributed by atoms with Crippen LogP contribution in [0.1, 0.15) is 5.56 Å². The van der Waals surface area contributed by atoms with E-state index < -0.39 is 0 Å². The third kappa shape index (κ3) is 2.61. The largest absolute Gasteiger partial charge is 0.464 e. The van der Waals surface area contributed by atoms with Crippen LogP contribution >= 0.6 is 15.9 Å². The molecule has 0 N–H and O–H groups in total. The highest BCUT2D eigenvalue weighted by atomic mass is 79.9. The topological polar surface area (TPSA) is 9.23 Å². The van der Waals surface area contributed by atoms with Crippen molar-refractivity contribution in [2.24, 2.45) is 0 Å². The normalized spacial score (nSPS) is 16.6. The lowest BCUT2D eigenvalue weighted by atomic mass is 9.98. The number of hydrogen-bond donors (Lipinski definition) is 0. The Balaban J connectivity index is 2.10. The molecule has 0 spiro atoms. The summed E-state index contributed by atoms with van der Waals surface area (Å²) in [4.78, 5) is 0. The Morgan fingerprint density at radius 1 is 0.950 bits per heavy atom. The highest BCUT2D eigenvalue weighted by Gasteiger charge is 2.09. The van der Waals surface area contributed by atoms with Crippen LogP contribution in [0.3, 0.4) is 0 Å². The van der Waals surface area contributed by atoms with E-state index in [9.17, 15) is 0 Å². The fraction of sp³-hybridized carbons (Fsp3) is 0. The predicted molar refractivity (Wildman–Crippen MR) is 87.5 cm³/mol. The lowest BCUT2D eigenvalue weighted by Gasteiger charge is -2.13. The molecule has 20 heavy (non-hydrogen) atoms. The van der Waals surface area contributed by atoms with Crippen molar-refractivity contribution in [2.75, 3.05) is 0 Å². The van der Waals surface area contributed by atoms with Gasteiger partial charge in [-0.15, -0.1) is 0 Å². The molecule has 0 bridgehead atoms. The van der Waals surface area contributed by atoms with Gasteiger partial charge >= 0.3 is 0 Å². The van der Waals surface area contributed by atoms with Gasteiger partial charge in [-0.05, 0) is 47.0 Å². The first-order valence-corrected chi connectivity index (χ1v) is 7.12. The van der Waals surface area contributed by atoms with Crippen LogP contribution in [0.15, 0.2) is 78.0 Å². The Hall–Kier alpha value is -2.06. The summed E-state index contributed by atoms with van der Waals surface area (Å²) < 4.78 is 6.68. The second-order valence-electron chi connectivity index (χ2n) is 4.55. The summed E-state index contributed by atoms with van der Waals surface area (Å²) in [5.41, 5.74) is 4.27. The van der Waals surface area contributed by atoms with Crippen LogP contribution in [-0.4, -0.2) is 0 Å². The first-order valence-electron chi connectivity index (χ1n) is 6.33. The van der Waals surface area contributed by atoms with Gasteiger partial charge < -0.3 is 4.74 Å². The predicted octanol–water partition coefficient (Wildman–Crippen LogP) is 5.59. The molecular weight excluding hydrogens is 312 g/mol. The molecule has 2 heteroatoms. The summed E-state index contributed by atoms with van der Waals surface area (Å²) in [6, 6.07) is 14.4. The average molecular weight is 325 g/mol. The van der Waals surface area contributed by atoms with Crippen molar-refractivity contribution >= 4 is 21.5 Å². The fourth-order valence-corrected chi connectivity index (χ4v) is 2.55. The Bertz CT molecular complexity index is 726. The maximum absolute atomic E-state index is 5.61. The van der Waals surface area contributed by atoms with Gasteiger partial charge in [0, 0.05) is 10.0 Å². The van der Waals surface area contributed by atoms with E-state index >= 15 is 0 Å². The van der Waals surface area contributed by atoms with Gasteiger partial charge in [-0.3, -0.25) is 0 Å². The van der Waals surface area contributed by atoms with Gasteiger partial charge in [-0.1, -0.05) is 52.9 Å². The van der Waals surface area contributed by atoms with Crippen LogP contribution in [0.2, 0.25) is 0 Å². The second kappa shape index (κ2) is 5.51. The third-order valence-electron chi connectivity index (χ3n) is 3.17. The van der Waals surface area contributed by atoms with Crippen LogP contribution in [0, 0.1) is 0 Å². The molecule has 0 fully saturated rings. The molecule has 98 valence electrons. The molecule has 0 radical (unpaired) electrons. The summed E-state index contributed by atoms with van der Waals surface area (Å²) in [6.07, 6.45) is 7.45. The van der Waals surface area contributed by atoms with Crippen LogP contribution in [-0.2, 0) is 0 Å². The molecular formula is C18H13BrO. The quantitative estimate of drug-likeness (QED) is 0.664. The minimum Gasteiger partial charge on any atom is -0.464 e. The van der Waals surface area contributed by atoms with Crippen molar-refractivity contribution in [2.45, 2.75) is 0 Å². The number of allylic oxidation sites excluding steroid dienone is 4. The summed E-state index contributed by atoms with van der Waals surface area (Å²) in [7, 11) is 0. The summed E-state index contributed by atoms with van der Waals surface area (Å²) in [5, 5.41) is 0. The fourth-order valence-electron chi connectivity index (χ4n) is 2.15. The minimum atomic E-state index is 0.828. The second-order valence-corrected chi connectivity index (χ2v) is 5.47. The van der Waals surface area contributed by atoms with Gasteiger partial charge in [0.2, 0.25) is 0 Å². The van der Waals surface area contributed by atoms with Crippen molar-refractivity contribution < 1.29 is 4.74 Å². The molecule has 0 amide bonds. The Morgan fingerprint density at radius 3 is 2.65 bits per heavy atom. The van der Waals surface area contributed by atoms with E-state index in [4.69, 9.17) is 4.74 Å². The van der Waals surface area contributed by atoms with Gasteiger partial charge in [0.1, 0.15) is 5.75 Å². The molecule has 3 rings (SSSR count). The van der Waals surface area contributed by atoms with E-state index in [1.165, 1.54) is 0 Å². The maximum atomic E-state index is 5.61. The van der Waals surface area contributed by atoms with Crippen LogP contribution in [0.5, 0.6) is 5.75 Å². The monoisotopic (exact) mass is 324 g/mol. The molecule has 1 aliphatic heterocycles. The average Bonchev–Trinajstić information content (AvgIpc) is 2.44. The lowest BCUT2D eigenvalue weighted by Crippen LogP contribution is -1.92. The summed E-state index contributed by atoms with van der Waals surface area (Å²) in [6.45, 7) is 4.10. The Morgan fingerprint density at radius 2 is 1.80 bits per heavy atom. The molecule has 1 heterocycles. The summed E-state index contributed by atoms with van der Waals surface area (Å²) in [5.74, 6) is 0.828. The van der Waals surface area contributed by atoms with Crippen LogP contribution < -0.4 is 4.74 Å². The van der Waals surface area contributed by atoms with Crippen LogP contribution in [0.4, 0.5) is 0 Å². The van der Waals surface area contributed by atoms with Crippen molar-refractivity contribution in [1.82, 2.24) is 0 Å². The Labute approximate surface area is 127 Å². The number of benzene rings is 2. The zero-order chi connectivity index (χ0) is 13.9. The zero-order valence-electron chi connectivity index (χ0n) is 10.8. The van der Waals surface area contributed by atoms with E-state index in [0.717, 1.165) is 32.5 Å². The first kappa shape index (κ1) is 12.9. The SMILES string of the molecule is C=C1/C=C\C=C/Oc2ccc(-c3cccc(Br)c3)cc21. The molecule has 2 aromatic carbocycles. The standard InChI is InChI=1S/C18H13BrO/c1-13-5-2-3-10-20-18-9-8-15(12-17(13)18)14-6-4-7-16(19)11-14/h2-12H,1H2/b5-2-,10-3-. The molecule has 0 unspecified atom stereocenters. The zero-order valence-corrected chi connectivity index (χ0v) is 12.4. The van der Waals surface area contributed by atoms with Crippen molar-refractivity contribution in [3.63, 3.8) is 0 Å². The molecule has 1 nitrogen and oxygen atoms in total. The summed E-state index contributed by atoms with van der Waals surface area (Å²) >= 11 is 3.51. The number of rotatable bonds is 1. The number of hydrogen-bond acceptors (Lipinski definition) is 1.